The average molecular weight is 432 g/mol. The van der Waals surface area contributed by atoms with Gasteiger partial charge in [-0.1, -0.05) is 73.2 Å². The lowest BCUT2D eigenvalue weighted by Crippen LogP contribution is -2.46. The Labute approximate surface area is 192 Å². The Morgan fingerprint density at radius 1 is 1.00 bits per heavy atom. The van der Waals surface area contributed by atoms with Crippen molar-refractivity contribution in [2.75, 3.05) is 13.2 Å². The van der Waals surface area contributed by atoms with E-state index in [-0.39, 0.29) is 11.6 Å². The van der Waals surface area contributed by atoms with Gasteiger partial charge in [-0.2, -0.15) is 0 Å². The standard InChI is InChI=1S/C29H37NO2/c1-21-9-4-7-14-27(21)28(24-12-8-13-24)32-20-26(31)19-30-29(2,3)18-22-15-16-23-10-5-6-11-25(23)17-22/h4-7,9-11,14-17,24,26,28,30-31H,8,12-13,18-20H2,1-3H3. The van der Waals surface area contributed by atoms with Crippen LogP contribution >= 0.6 is 0 Å². The number of rotatable bonds is 10. The highest BCUT2D eigenvalue weighted by atomic mass is 16.5. The lowest BCUT2D eigenvalue weighted by Gasteiger charge is -2.35. The van der Waals surface area contributed by atoms with Crippen molar-refractivity contribution in [3.8, 4) is 0 Å². The van der Waals surface area contributed by atoms with Gasteiger partial charge in [0.25, 0.3) is 0 Å². The molecule has 32 heavy (non-hydrogen) atoms. The van der Waals surface area contributed by atoms with Gasteiger partial charge in [0.15, 0.2) is 0 Å². The van der Waals surface area contributed by atoms with Gasteiger partial charge in [-0.15, -0.1) is 0 Å². The Morgan fingerprint density at radius 3 is 2.44 bits per heavy atom. The molecular formula is C29H37NO2. The van der Waals surface area contributed by atoms with E-state index < -0.39 is 6.10 Å². The van der Waals surface area contributed by atoms with Crippen LogP contribution in [0.2, 0.25) is 0 Å². The molecule has 4 rings (SSSR count). The van der Waals surface area contributed by atoms with Crippen molar-refractivity contribution in [1.82, 2.24) is 5.32 Å². The summed E-state index contributed by atoms with van der Waals surface area (Å²) < 4.78 is 6.32. The molecule has 2 atom stereocenters. The van der Waals surface area contributed by atoms with Gasteiger partial charge in [0, 0.05) is 12.1 Å². The van der Waals surface area contributed by atoms with E-state index in [4.69, 9.17) is 4.74 Å². The third-order valence-electron chi connectivity index (χ3n) is 6.82. The van der Waals surface area contributed by atoms with Crippen LogP contribution < -0.4 is 5.32 Å². The molecule has 0 amide bonds. The molecule has 0 saturated heterocycles. The number of nitrogens with one attached hydrogen (secondary N) is 1. The van der Waals surface area contributed by atoms with Gasteiger partial charge < -0.3 is 15.2 Å². The molecule has 0 bridgehead atoms. The minimum atomic E-state index is -0.530. The van der Waals surface area contributed by atoms with Crippen LogP contribution in [0.1, 0.15) is 55.9 Å². The molecule has 2 unspecified atom stereocenters. The number of aryl methyl sites for hydroxylation is 1. The quantitative estimate of drug-likeness (QED) is 0.415. The molecular weight excluding hydrogens is 394 g/mol. The summed E-state index contributed by atoms with van der Waals surface area (Å²) in [7, 11) is 0. The Hall–Kier alpha value is -2.20. The molecule has 0 aromatic heterocycles. The molecule has 0 spiro atoms. The van der Waals surface area contributed by atoms with E-state index in [0.29, 0.717) is 19.1 Å². The largest absolute Gasteiger partial charge is 0.389 e. The molecule has 3 aromatic rings. The Morgan fingerprint density at radius 2 is 1.72 bits per heavy atom. The van der Waals surface area contributed by atoms with Crippen molar-refractivity contribution in [2.45, 2.75) is 64.2 Å². The van der Waals surface area contributed by atoms with E-state index in [1.54, 1.807) is 0 Å². The van der Waals surface area contributed by atoms with E-state index in [0.717, 1.165) is 6.42 Å². The van der Waals surface area contributed by atoms with E-state index in [1.807, 2.05) is 0 Å². The summed E-state index contributed by atoms with van der Waals surface area (Å²) in [6.45, 7) is 7.42. The van der Waals surface area contributed by atoms with Crippen LogP contribution in [-0.2, 0) is 11.2 Å². The number of hydrogen-bond acceptors (Lipinski definition) is 3. The van der Waals surface area contributed by atoms with Crippen molar-refractivity contribution in [1.29, 1.82) is 0 Å². The fourth-order valence-corrected chi connectivity index (χ4v) is 4.72. The van der Waals surface area contributed by atoms with Crippen LogP contribution in [0, 0.1) is 12.8 Å². The maximum absolute atomic E-state index is 10.7. The molecule has 3 heteroatoms. The summed E-state index contributed by atoms with van der Waals surface area (Å²) in [6, 6.07) is 23.6. The first-order valence-corrected chi connectivity index (χ1v) is 12.0. The summed E-state index contributed by atoms with van der Waals surface area (Å²) in [5.41, 5.74) is 3.73. The predicted molar refractivity (Wildman–Crippen MR) is 133 cm³/mol. The highest BCUT2D eigenvalue weighted by Crippen LogP contribution is 2.41. The number of fused-ring (bicyclic) bond motifs is 1. The Kier molecular flexibility index (Phi) is 7.30. The third kappa shape index (κ3) is 5.78. The molecule has 1 aliphatic rings. The van der Waals surface area contributed by atoms with Gasteiger partial charge in [0.1, 0.15) is 0 Å². The Bertz CT molecular complexity index is 1020. The number of β-amino-alcohol motifs (C(OH)–C–C–N with tert-alkyl or cyclic N) is 1. The number of aliphatic hydroxyl groups is 1. The zero-order valence-corrected chi connectivity index (χ0v) is 19.7. The van der Waals surface area contributed by atoms with E-state index in [9.17, 15) is 5.11 Å². The van der Waals surface area contributed by atoms with Crippen LogP contribution in [0.5, 0.6) is 0 Å². The normalized spacial score (nSPS) is 16.6. The van der Waals surface area contributed by atoms with E-state index in [1.165, 1.54) is 46.7 Å². The fourth-order valence-electron chi connectivity index (χ4n) is 4.72. The van der Waals surface area contributed by atoms with Crippen molar-refractivity contribution in [2.24, 2.45) is 5.92 Å². The van der Waals surface area contributed by atoms with Gasteiger partial charge in [-0.3, -0.25) is 0 Å². The molecule has 1 saturated carbocycles. The van der Waals surface area contributed by atoms with Crippen LogP contribution in [-0.4, -0.2) is 29.9 Å². The lowest BCUT2D eigenvalue weighted by atomic mass is 9.78. The summed E-state index contributed by atoms with van der Waals surface area (Å²) in [5.74, 6) is 0.570. The second-order valence-corrected chi connectivity index (χ2v) is 10.1. The summed E-state index contributed by atoms with van der Waals surface area (Å²) in [6.07, 6.45) is 4.17. The highest BCUT2D eigenvalue weighted by Gasteiger charge is 2.30. The van der Waals surface area contributed by atoms with Crippen molar-refractivity contribution < 1.29 is 9.84 Å². The summed E-state index contributed by atoms with van der Waals surface area (Å²) >= 11 is 0. The minimum absolute atomic E-state index is 0.0882. The number of hydrogen-bond donors (Lipinski definition) is 2. The smallest absolute Gasteiger partial charge is 0.0898 e. The van der Waals surface area contributed by atoms with E-state index in [2.05, 4.69) is 92.8 Å². The van der Waals surface area contributed by atoms with Gasteiger partial charge >= 0.3 is 0 Å². The maximum Gasteiger partial charge on any atom is 0.0898 e. The number of benzene rings is 3. The zero-order chi connectivity index (χ0) is 22.6. The topological polar surface area (TPSA) is 41.5 Å². The van der Waals surface area contributed by atoms with Gasteiger partial charge in [-0.05, 0) is 73.4 Å². The van der Waals surface area contributed by atoms with Crippen molar-refractivity contribution in [3.63, 3.8) is 0 Å². The van der Waals surface area contributed by atoms with Crippen LogP contribution in [0.25, 0.3) is 10.8 Å². The van der Waals surface area contributed by atoms with Gasteiger partial charge in [-0.25, -0.2) is 0 Å². The molecule has 1 aliphatic carbocycles. The predicted octanol–water partition coefficient (Wildman–Crippen LogP) is 5.98. The first-order valence-electron chi connectivity index (χ1n) is 12.0. The Balaban J connectivity index is 1.30. The first-order chi connectivity index (χ1) is 15.4. The van der Waals surface area contributed by atoms with Gasteiger partial charge in [0.2, 0.25) is 0 Å². The second-order valence-electron chi connectivity index (χ2n) is 10.1. The van der Waals surface area contributed by atoms with E-state index >= 15 is 0 Å². The highest BCUT2D eigenvalue weighted by molar-refractivity contribution is 5.83. The average Bonchev–Trinajstić information content (AvgIpc) is 2.74. The van der Waals surface area contributed by atoms with Crippen LogP contribution in [0.15, 0.2) is 66.7 Å². The zero-order valence-electron chi connectivity index (χ0n) is 19.7. The van der Waals surface area contributed by atoms with Crippen LogP contribution in [0.4, 0.5) is 0 Å². The molecule has 2 N–H and O–H groups in total. The maximum atomic E-state index is 10.7. The van der Waals surface area contributed by atoms with Gasteiger partial charge in [0.05, 0.1) is 18.8 Å². The SMILES string of the molecule is Cc1ccccc1C(OCC(O)CNC(C)(C)Cc1ccc2ccccc2c1)C1CCC1. The molecule has 3 aromatic carbocycles. The summed E-state index contributed by atoms with van der Waals surface area (Å²) in [4.78, 5) is 0. The minimum Gasteiger partial charge on any atom is -0.389 e. The molecule has 0 radical (unpaired) electrons. The van der Waals surface area contributed by atoms with Crippen LogP contribution in [0.3, 0.4) is 0 Å². The molecule has 170 valence electrons. The molecule has 0 heterocycles. The van der Waals surface area contributed by atoms with Crippen molar-refractivity contribution >= 4 is 10.8 Å². The second kappa shape index (κ2) is 10.2. The van der Waals surface area contributed by atoms with Crippen molar-refractivity contribution in [3.05, 3.63) is 83.4 Å². The molecule has 3 nitrogen and oxygen atoms in total. The number of aliphatic hydroxyl groups excluding tert-OH is 1. The monoisotopic (exact) mass is 431 g/mol. The lowest BCUT2D eigenvalue weighted by molar-refractivity contribution is -0.0541. The first kappa shape index (κ1) is 23.0. The molecule has 0 aliphatic heterocycles. The molecule has 1 fully saturated rings. The fraction of sp³-hybridized carbons (Fsp3) is 0.448. The summed E-state index contributed by atoms with van der Waals surface area (Å²) in [5, 5.41) is 16.8. The third-order valence-corrected chi connectivity index (χ3v) is 6.82. The number of ether oxygens (including phenoxy) is 1.